The van der Waals surface area contributed by atoms with Crippen molar-refractivity contribution in [3.8, 4) is 22.8 Å². The predicted molar refractivity (Wildman–Crippen MR) is 94.2 cm³/mol. The summed E-state index contributed by atoms with van der Waals surface area (Å²) in [6.07, 6.45) is 0. The fourth-order valence-electron chi connectivity index (χ4n) is 2.63. The fourth-order valence-corrected chi connectivity index (χ4v) is 2.76. The molecular weight excluding hydrogens is 342 g/mol. The number of carbonyl (C=O) groups is 1. The van der Waals surface area contributed by atoms with Gasteiger partial charge in [0.1, 0.15) is 0 Å². The number of aromatic nitrogens is 2. The first-order chi connectivity index (χ1) is 12.1. The van der Waals surface area contributed by atoms with Crippen LogP contribution in [0.25, 0.3) is 11.3 Å². The molecule has 0 saturated heterocycles. The molecule has 1 amide bonds. The Labute approximate surface area is 148 Å². The highest BCUT2D eigenvalue weighted by Crippen LogP contribution is 2.35. The van der Waals surface area contributed by atoms with E-state index in [1.54, 1.807) is 42.1 Å². The van der Waals surface area contributed by atoms with E-state index in [-0.39, 0.29) is 12.7 Å². The minimum Gasteiger partial charge on any atom is -0.454 e. The van der Waals surface area contributed by atoms with Gasteiger partial charge in [-0.1, -0.05) is 11.6 Å². The highest BCUT2D eigenvalue weighted by molar-refractivity contribution is 6.30. The molecule has 1 N–H and O–H groups in total. The second-order valence-electron chi connectivity index (χ2n) is 5.57. The summed E-state index contributed by atoms with van der Waals surface area (Å²) in [5.74, 6) is 1.11. The van der Waals surface area contributed by atoms with E-state index in [2.05, 4.69) is 10.4 Å². The van der Waals surface area contributed by atoms with Gasteiger partial charge in [0.15, 0.2) is 17.2 Å². The predicted octanol–water partition coefficient (Wildman–Crippen LogP) is 3.72. The molecule has 6 nitrogen and oxygen atoms in total. The summed E-state index contributed by atoms with van der Waals surface area (Å²) in [4.78, 5) is 12.4. The van der Waals surface area contributed by atoms with Crippen LogP contribution in [0.1, 0.15) is 10.5 Å². The topological polar surface area (TPSA) is 65.4 Å². The molecule has 7 heteroatoms. The van der Waals surface area contributed by atoms with Crippen LogP contribution >= 0.6 is 11.6 Å². The molecule has 3 aromatic rings. The van der Waals surface area contributed by atoms with Crippen molar-refractivity contribution in [3.05, 3.63) is 59.2 Å². The standard InChI is InChI=1S/C18H14ClN3O3/c1-22-15(11-2-7-16-17(8-11)25-10-24-16)9-14(21-22)18(23)20-13-5-3-12(19)4-6-13/h2-9H,10H2,1H3,(H,20,23). The van der Waals surface area contributed by atoms with Gasteiger partial charge in [0.25, 0.3) is 5.91 Å². The Kier molecular flexibility index (Phi) is 3.82. The second-order valence-corrected chi connectivity index (χ2v) is 6.00. The Morgan fingerprint density at radius 3 is 2.68 bits per heavy atom. The van der Waals surface area contributed by atoms with Crippen molar-refractivity contribution in [1.82, 2.24) is 9.78 Å². The number of nitrogens with zero attached hydrogens (tertiary/aromatic N) is 2. The van der Waals surface area contributed by atoms with Crippen LogP contribution in [0.5, 0.6) is 11.5 Å². The van der Waals surface area contributed by atoms with Crippen molar-refractivity contribution >= 4 is 23.2 Å². The molecule has 0 spiro atoms. The number of ether oxygens (including phenoxy) is 2. The van der Waals surface area contributed by atoms with Gasteiger partial charge in [-0.3, -0.25) is 9.48 Å². The smallest absolute Gasteiger partial charge is 0.276 e. The molecule has 0 atom stereocenters. The first-order valence-electron chi connectivity index (χ1n) is 7.61. The summed E-state index contributed by atoms with van der Waals surface area (Å²) in [6, 6.07) is 14.3. The van der Waals surface area contributed by atoms with Crippen LogP contribution in [0.3, 0.4) is 0 Å². The zero-order valence-electron chi connectivity index (χ0n) is 13.3. The van der Waals surface area contributed by atoms with E-state index in [1.165, 1.54) is 0 Å². The molecule has 0 saturated carbocycles. The zero-order valence-corrected chi connectivity index (χ0v) is 14.1. The summed E-state index contributed by atoms with van der Waals surface area (Å²) >= 11 is 5.85. The lowest BCUT2D eigenvalue weighted by atomic mass is 10.1. The van der Waals surface area contributed by atoms with Gasteiger partial charge in [-0.15, -0.1) is 0 Å². The SMILES string of the molecule is Cn1nc(C(=O)Nc2ccc(Cl)cc2)cc1-c1ccc2c(c1)OCO2. The van der Waals surface area contributed by atoms with Crippen LogP contribution in [0.15, 0.2) is 48.5 Å². The van der Waals surface area contributed by atoms with E-state index in [0.717, 1.165) is 11.3 Å². The van der Waals surface area contributed by atoms with Gasteiger partial charge < -0.3 is 14.8 Å². The summed E-state index contributed by atoms with van der Waals surface area (Å²) in [7, 11) is 1.79. The van der Waals surface area contributed by atoms with E-state index in [4.69, 9.17) is 21.1 Å². The van der Waals surface area contributed by atoms with Gasteiger partial charge in [0.2, 0.25) is 6.79 Å². The van der Waals surface area contributed by atoms with Crippen LogP contribution in [-0.2, 0) is 7.05 Å². The summed E-state index contributed by atoms with van der Waals surface area (Å²) in [5, 5.41) is 7.71. The Hall–Kier alpha value is -2.99. The molecule has 126 valence electrons. The van der Waals surface area contributed by atoms with E-state index < -0.39 is 0 Å². The van der Waals surface area contributed by atoms with Crippen molar-refractivity contribution < 1.29 is 14.3 Å². The second kappa shape index (κ2) is 6.14. The van der Waals surface area contributed by atoms with Gasteiger partial charge in [-0.2, -0.15) is 5.10 Å². The number of benzene rings is 2. The maximum Gasteiger partial charge on any atom is 0.276 e. The average molecular weight is 356 g/mol. The van der Waals surface area contributed by atoms with Crippen LogP contribution in [0, 0.1) is 0 Å². The number of hydrogen-bond acceptors (Lipinski definition) is 4. The van der Waals surface area contributed by atoms with Gasteiger partial charge in [0.05, 0.1) is 5.69 Å². The highest BCUT2D eigenvalue weighted by Gasteiger charge is 2.18. The number of fused-ring (bicyclic) bond motifs is 1. The Morgan fingerprint density at radius 2 is 1.88 bits per heavy atom. The lowest BCUT2D eigenvalue weighted by molar-refractivity contribution is 0.102. The number of anilines is 1. The quantitative estimate of drug-likeness (QED) is 0.777. The summed E-state index contributed by atoms with van der Waals surface area (Å²) in [5.41, 5.74) is 2.68. The maximum absolute atomic E-state index is 12.4. The summed E-state index contributed by atoms with van der Waals surface area (Å²) < 4.78 is 12.4. The van der Waals surface area contributed by atoms with E-state index >= 15 is 0 Å². The molecule has 0 aliphatic carbocycles. The third-order valence-corrected chi connectivity index (χ3v) is 4.13. The van der Waals surface area contributed by atoms with Crippen molar-refractivity contribution in [2.75, 3.05) is 12.1 Å². The highest BCUT2D eigenvalue weighted by atomic mass is 35.5. The molecule has 4 rings (SSSR count). The van der Waals surface area contributed by atoms with Gasteiger partial charge in [-0.05, 0) is 48.5 Å². The van der Waals surface area contributed by atoms with Gasteiger partial charge in [0, 0.05) is 23.3 Å². The minimum atomic E-state index is -0.287. The average Bonchev–Trinajstić information content (AvgIpc) is 3.22. The van der Waals surface area contributed by atoms with E-state index in [0.29, 0.717) is 27.9 Å². The first-order valence-corrected chi connectivity index (χ1v) is 7.99. The van der Waals surface area contributed by atoms with Crippen LogP contribution < -0.4 is 14.8 Å². The maximum atomic E-state index is 12.4. The normalized spacial score (nSPS) is 12.2. The van der Waals surface area contributed by atoms with Crippen molar-refractivity contribution in [2.24, 2.45) is 7.05 Å². The number of hydrogen-bond donors (Lipinski definition) is 1. The Balaban J connectivity index is 1.59. The number of rotatable bonds is 3. The number of halogens is 1. The molecule has 1 aliphatic rings. The third-order valence-electron chi connectivity index (χ3n) is 3.88. The lowest BCUT2D eigenvalue weighted by Crippen LogP contribution is -2.12. The van der Waals surface area contributed by atoms with Crippen LogP contribution in [0.2, 0.25) is 5.02 Å². The molecule has 0 unspecified atom stereocenters. The van der Waals surface area contributed by atoms with E-state index in [9.17, 15) is 4.79 Å². The number of carbonyl (C=O) groups excluding carboxylic acids is 1. The molecule has 0 bridgehead atoms. The molecule has 2 aromatic carbocycles. The van der Waals surface area contributed by atoms with Crippen molar-refractivity contribution in [2.45, 2.75) is 0 Å². The third kappa shape index (κ3) is 3.04. The molecule has 2 heterocycles. The van der Waals surface area contributed by atoms with Gasteiger partial charge >= 0.3 is 0 Å². The lowest BCUT2D eigenvalue weighted by Gasteiger charge is -2.03. The fraction of sp³-hybridized carbons (Fsp3) is 0.111. The number of nitrogens with one attached hydrogen (secondary N) is 1. The Morgan fingerprint density at radius 1 is 1.12 bits per heavy atom. The number of amides is 1. The molecule has 25 heavy (non-hydrogen) atoms. The molecular formula is C18H14ClN3O3. The summed E-state index contributed by atoms with van der Waals surface area (Å²) in [6.45, 7) is 0.221. The molecule has 0 radical (unpaired) electrons. The zero-order chi connectivity index (χ0) is 17.4. The largest absolute Gasteiger partial charge is 0.454 e. The van der Waals surface area contributed by atoms with Crippen molar-refractivity contribution in [1.29, 1.82) is 0 Å². The minimum absolute atomic E-state index is 0.221. The van der Waals surface area contributed by atoms with E-state index in [1.807, 2.05) is 18.2 Å². The Bertz CT molecular complexity index is 951. The van der Waals surface area contributed by atoms with Crippen molar-refractivity contribution in [3.63, 3.8) is 0 Å². The van der Waals surface area contributed by atoms with Gasteiger partial charge in [-0.25, -0.2) is 0 Å². The molecule has 0 fully saturated rings. The monoisotopic (exact) mass is 355 g/mol. The molecule has 1 aliphatic heterocycles. The van der Waals surface area contributed by atoms with Crippen LogP contribution in [-0.4, -0.2) is 22.5 Å². The number of aryl methyl sites for hydroxylation is 1. The molecule has 1 aromatic heterocycles. The first kappa shape index (κ1) is 15.5. The van der Waals surface area contributed by atoms with Crippen LogP contribution in [0.4, 0.5) is 5.69 Å².